The number of benzene rings is 2. The quantitative estimate of drug-likeness (QED) is 0.717. The van der Waals surface area contributed by atoms with E-state index in [4.69, 9.17) is 0 Å². The van der Waals surface area contributed by atoms with Crippen LogP contribution < -0.4 is 15.2 Å². The van der Waals surface area contributed by atoms with Crippen LogP contribution in [0.1, 0.15) is 11.1 Å². The highest BCUT2D eigenvalue weighted by atomic mass is 15.3. The molecule has 0 radical (unpaired) electrons. The van der Waals surface area contributed by atoms with E-state index in [9.17, 15) is 0 Å². The monoisotopic (exact) mass is 371 g/mol. The lowest BCUT2D eigenvalue weighted by atomic mass is 10.0. The third kappa shape index (κ3) is 3.12. The minimum absolute atomic E-state index is 0.947. The highest BCUT2D eigenvalue weighted by Gasteiger charge is 2.21. The molecule has 28 heavy (non-hydrogen) atoms. The second-order valence-electron chi connectivity index (χ2n) is 7.29. The number of nitrogens with zero attached hydrogens (tertiary/aromatic N) is 5. The Bertz CT molecular complexity index is 1080. The van der Waals surface area contributed by atoms with Crippen LogP contribution in [0, 0.1) is 6.92 Å². The molecule has 5 rings (SSSR count). The molecule has 0 saturated carbocycles. The fourth-order valence-electron chi connectivity index (χ4n) is 3.94. The molecule has 6 heteroatoms. The van der Waals surface area contributed by atoms with E-state index in [1.165, 1.54) is 11.3 Å². The SMILES string of the molecule is Cc1cccc(N2CCN(c3ncnc4ccc(C5=C[NH2+]N=C5)cc34)CC2)c1. The number of aryl methyl sites for hydroxylation is 1. The number of aromatic nitrogens is 2. The summed E-state index contributed by atoms with van der Waals surface area (Å²) in [7, 11) is 0. The van der Waals surface area contributed by atoms with Crippen molar-refractivity contribution in [3.05, 3.63) is 66.1 Å². The fraction of sp³-hybridized carbons (Fsp3) is 0.227. The highest BCUT2D eigenvalue weighted by molar-refractivity contribution is 6.11. The van der Waals surface area contributed by atoms with Crippen LogP contribution in [0.5, 0.6) is 0 Å². The van der Waals surface area contributed by atoms with Gasteiger partial charge in [0.25, 0.3) is 0 Å². The fourth-order valence-corrected chi connectivity index (χ4v) is 3.94. The topological polar surface area (TPSA) is 61.2 Å². The highest BCUT2D eigenvalue weighted by Crippen LogP contribution is 2.28. The summed E-state index contributed by atoms with van der Waals surface area (Å²) in [6, 6.07) is 15.1. The molecular weight excluding hydrogens is 348 g/mol. The Morgan fingerprint density at radius 1 is 0.929 bits per heavy atom. The minimum Gasteiger partial charge on any atom is -0.368 e. The van der Waals surface area contributed by atoms with Gasteiger partial charge < -0.3 is 9.80 Å². The molecule has 0 bridgehead atoms. The number of rotatable bonds is 3. The molecule has 1 saturated heterocycles. The van der Waals surface area contributed by atoms with Crippen LogP contribution in [-0.2, 0) is 0 Å². The number of nitrogens with two attached hydrogens (primary N) is 1. The van der Waals surface area contributed by atoms with E-state index in [-0.39, 0.29) is 0 Å². The summed E-state index contributed by atoms with van der Waals surface area (Å²) in [6.45, 7) is 6.01. The lowest BCUT2D eigenvalue weighted by molar-refractivity contribution is -0.589. The second-order valence-corrected chi connectivity index (χ2v) is 7.29. The molecule has 0 unspecified atom stereocenters. The Labute approximate surface area is 164 Å². The molecule has 2 aliphatic rings. The van der Waals surface area contributed by atoms with Crippen LogP contribution in [0.15, 0.2) is 60.1 Å². The van der Waals surface area contributed by atoms with E-state index >= 15 is 0 Å². The Balaban J connectivity index is 1.42. The molecule has 3 heterocycles. The first-order valence-electron chi connectivity index (χ1n) is 9.66. The van der Waals surface area contributed by atoms with Crippen molar-refractivity contribution >= 4 is 34.2 Å². The van der Waals surface area contributed by atoms with Gasteiger partial charge in [0.15, 0.2) is 0 Å². The molecule has 0 aliphatic carbocycles. The number of anilines is 2. The molecule has 2 aromatic carbocycles. The predicted octanol–water partition coefficient (Wildman–Crippen LogP) is 2.17. The van der Waals surface area contributed by atoms with Crippen molar-refractivity contribution in [2.75, 3.05) is 36.0 Å². The zero-order valence-electron chi connectivity index (χ0n) is 15.9. The van der Waals surface area contributed by atoms with Crippen molar-refractivity contribution in [3.63, 3.8) is 0 Å². The van der Waals surface area contributed by atoms with Crippen molar-refractivity contribution in [1.82, 2.24) is 9.97 Å². The van der Waals surface area contributed by atoms with E-state index in [1.807, 2.05) is 17.8 Å². The molecule has 2 N–H and O–H groups in total. The lowest BCUT2D eigenvalue weighted by Crippen LogP contribution is -2.69. The van der Waals surface area contributed by atoms with Crippen LogP contribution in [0.25, 0.3) is 16.5 Å². The van der Waals surface area contributed by atoms with E-state index in [1.54, 1.807) is 6.33 Å². The van der Waals surface area contributed by atoms with E-state index in [0.717, 1.165) is 54.0 Å². The van der Waals surface area contributed by atoms with Gasteiger partial charge in [-0.2, -0.15) is 5.43 Å². The molecule has 1 fully saturated rings. The van der Waals surface area contributed by atoms with Crippen molar-refractivity contribution in [2.24, 2.45) is 5.10 Å². The van der Waals surface area contributed by atoms with E-state index in [0.29, 0.717) is 0 Å². The van der Waals surface area contributed by atoms with Gasteiger partial charge in [0, 0.05) is 37.3 Å². The Hall–Kier alpha value is -3.25. The third-order valence-corrected chi connectivity index (χ3v) is 5.45. The summed E-state index contributed by atoms with van der Waals surface area (Å²) < 4.78 is 0. The third-order valence-electron chi connectivity index (χ3n) is 5.45. The van der Waals surface area contributed by atoms with Crippen LogP contribution in [-0.4, -0.2) is 42.4 Å². The standard InChI is InChI=1S/C22H22N6/c1-16-3-2-4-19(11-16)27-7-9-28(10-8-27)22-20-12-17(18-13-25-26-14-18)5-6-21(20)23-15-24-22/h2-6,11-15H,7-10H2,1H3,(H,25,26)/p+1. The van der Waals surface area contributed by atoms with Crippen molar-refractivity contribution in [2.45, 2.75) is 6.92 Å². The first kappa shape index (κ1) is 16.9. The molecule has 0 amide bonds. The number of hydrogen-bond donors (Lipinski definition) is 1. The molecule has 1 aromatic heterocycles. The largest absolute Gasteiger partial charge is 0.368 e. The maximum absolute atomic E-state index is 4.65. The molecule has 140 valence electrons. The lowest BCUT2D eigenvalue weighted by Gasteiger charge is -2.37. The van der Waals surface area contributed by atoms with Gasteiger partial charge in [-0.25, -0.2) is 9.97 Å². The molecular formula is C22H23N6+. The zero-order valence-corrected chi connectivity index (χ0v) is 15.9. The molecule has 3 aromatic rings. The predicted molar refractivity (Wildman–Crippen MR) is 114 cm³/mol. The van der Waals surface area contributed by atoms with Crippen LogP contribution in [0.2, 0.25) is 0 Å². The second kappa shape index (κ2) is 7.05. The van der Waals surface area contributed by atoms with Gasteiger partial charge in [0.05, 0.1) is 17.3 Å². The first-order chi connectivity index (χ1) is 13.8. The summed E-state index contributed by atoms with van der Waals surface area (Å²) in [5.74, 6) is 1.02. The molecule has 2 aliphatic heterocycles. The first-order valence-corrected chi connectivity index (χ1v) is 9.66. The average molecular weight is 371 g/mol. The smallest absolute Gasteiger partial charge is 0.140 e. The van der Waals surface area contributed by atoms with Crippen LogP contribution >= 0.6 is 0 Å². The zero-order chi connectivity index (χ0) is 18.9. The molecule has 0 spiro atoms. The van der Waals surface area contributed by atoms with E-state index < -0.39 is 0 Å². The Kier molecular flexibility index (Phi) is 4.25. The van der Waals surface area contributed by atoms with Crippen molar-refractivity contribution in [3.8, 4) is 0 Å². The Morgan fingerprint density at radius 2 is 1.79 bits per heavy atom. The van der Waals surface area contributed by atoms with Crippen molar-refractivity contribution in [1.29, 1.82) is 0 Å². The number of quaternary nitrogens is 1. The summed E-state index contributed by atoms with van der Waals surface area (Å²) in [6.07, 6.45) is 5.60. The van der Waals surface area contributed by atoms with Gasteiger partial charge in [-0.3, -0.25) is 0 Å². The number of piperazine rings is 1. The number of hydrogen-bond acceptors (Lipinski definition) is 5. The maximum atomic E-state index is 4.65. The van der Waals surface area contributed by atoms with Gasteiger partial charge in [0.1, 0.15) is 18.3 Å². The van der Waals surface area contributed by atoms with Gasteiger partial charge in [-0.15, -0.1) is 0 Å². The average Bonchev–Trinajstić information content (AvgIpc) is 3.28. The summed E-state index contributed by atoms with van der Waals surface area (Å²) in [4.78, 5) is 13.9. The summed E-state index contributed by atoms with van der Waals surface area (Å²) in [5.41, 5.74) is 7.69. The maximum Gasteiger partial charge on any atom is 0.140 e. The summed E-state index contributed by atoms with van der Waals surface area (Å²) in [5, 5.41) is 5.29. The number of fused-ring (bicyclic) bond motifs is 1. The number of allylic oxidation sites excluding steroid dienone is 1. The van der Waals surface area contributed by atoms with Crippen LogP contribution in [0.3, 0.4) is 0 Å². The van der Waals surface area contributed by atoms with Gasteiger partial charge in [0.2, 0.25) is 0 Å². The minimum atomic E-state index is 0.947. The van der Waals surface area contributed by atoms with Gasteiger partial charge in [-0.05, 0) is 42.3 Å². The van der Waals surface area contributed by atoms with Gasteiger partial charge >= 0.3 is 0 Å². The molecule has 6 nitrogen and oxygen atoms in total. The summed E-state index contributed by atoms with van der Waals surface area (Å²) >= 11 is 0. The van der Waals surface area contributed by atoms with E-state index in [2.05, 4.69) is 74.3 Å². The normalized spacial score (nSPS) is 16.7. The molecule has 0 atom stereocenters. The van der Waals surface area contributed by atoms with Gasteiger partial charge in [-0.1, -0.05) is 23.3 Å². The van der Waals surface area contributed by atoms with Crippen LogP contribution in [0.4, 0.5) is 11.5 Å². The van der Waals surface area contributed by atoms with Crippen molar-refractivity contribution < 1.29 is 5.43 Å². The Morgan fingerprint density at radius 3 is 2.57 bits per heavy atom.